The molecule has 0 heterocycles. The Hall–Kier alpha value is -2.51. The molecular weight excluding hydrogens is 364 g/mol. The van der Waals surface area contributed by atoms with Gasteiger partial charge in [-0.3, -0.25) is 9.59 Å². The first kappa shape index (κ1) is 20.8. The summed E-state index contributed by atoms with van der Waals surface area (Å²) in [5, 5.41) is 2.79. The molecule has 2 aromatic carbocycles. The van der Waals surface area contributed by atoms with Crippen LogP contribution in [-0.4, -0.2) is 38.0 Å². The lowest BCUT2D eigenvalue weighted by molar-refractivity contribution is -0.116. The molecule has 7 heteroatoms. The van der Waals surface area contributed by atoms with Crippen LogP contribution in [-0.2, 0) is 14.8 Å². The normalized spacial score (nSPS) is 11.5. The average Bonchev–Trinajstić information content (AvgIpc) is 2.58. The minimum Gasteiger partial charge on any atom is -0.324 e. The first-order valence-corrected chi connectivity index (χ1v) is 9.91. The van der Waals surface area contributed by atoms with Gasteiger partial charge >= 0.3 is 0 Å². The SMILES string of the molecule is CC(=O)c1ccc(S(=O)(=O)N(C)CC(=O)Nc2c(C)cc(C)cc2C)cc1. The fourth-order valence-corrected chi connectivity index (χ4v) is 4.01. The van der Waals surface area contributed by atoms with Crippen LogP contribution >= 0.6 is 0 Å². The summed E-state index contributed by atoms with van der Waals surface area (Å²) in [7, 11) is -2.48. The van der Waals surface area contributed by atoms with Gasteiger partial charge in [0.2, 0.25) is 15.9 Å². The summed E-state index contributed by atoms with van der Waals surface area (Å²) in [4.78, 5) is 23.7. The Morgan fingerprint density at radius 3 is 2.00 bits per heavy atom. The predicted octanol–water partition coefficient (Wildman–Crippen LogP) is 3.07. The number of rotatable bonds is 6. The number of benzene rings is 2. The maximum absolute atomic E-state index is 12.6. The predicted molar refractivity (Wildman–Crippen MR) is 106 cm³/mol. The zero-order chi connectivity index (χ0) is 20.4. The molecule has 2 aromatic rings. The van der Waals surface area contributed by atoms with Crippen molar-refractivity contribution in [3.63, 3.8) is 0 Å². The molecule has 0 aliphatic heterocycles. The van der Waals surface area contributed by atoms with E-state index in [4.69, 9.17) is 0 Å². The standard InChI is InChI=1S/C20H24N2O4S/c1-13-10-14(2)20(15(3)11-13)21-19(24)12-22(5)27(25,26)18-8-6-17(7-9-18)16(4)23/h6-11H,12H2,1-5H3,(H,21,24). The van der Waals surface area contributed by atoms with Crippen molar-refractivity contribution in [3.8, 4) is 0 Å². The Balaban J connectivity index is 2.14. The second kappa shape index (κ2) is 8.02. The van der Waals surface area contributed by atoms with Crippen LogP contribution in [0.3, 0.4) is 0 Å². The molecule has 1 amide bonds. The van der Waals surface area contributed by atoms with Crippen LogP contribution in [0.1, 0.15) is 34.0 Å². The Morgan fingerprint density at radius 1 is 1.00 bits per heavy atom. The summed E-state index contributed by atoms with van der Waals surface area (Å²) < 4.78 is 26.3. The van der Waals surface area contributed by atoms with Crippen LogP contribution in [0.25, 0.3) is 0 Å². The van der Waals surface area contributed by atoms with Gasteiger partial charge in [-0.15, -0.1) is 0 Å². The van der Waals surface area contributed by atoms with E-state index in [0.29, 0.717) is 11.3 Å². The number of carbonyl (C=O) groups excluding carboxylic acids is 2. The number of carbonyl (C=O) groups is 2. The van der Waals surface area contributed by atoms with Crippen molar-refractivity contribution in [2.24, 2.45) is 0 Å². The molecule has 27 heavy (non-hydrogen) atoms. The Kier molecular flexibility index (Phi) is 6.18. The summed E-state index contributed by atoms with van der Waals surface area (Å²) in [6.45, 7) is 6.86. The highest BCUT2D eigenvalue weighted by atomic mass is 32.2. The maximum atomic E-state index is 12.6. The van der Waals surface area contributed by atoms with Gasteiger partial charge in [0.05, 0.1) is 11.4 Å². The molecule has 0 saturated carbocycles. The van der Waals surface area contributed by atoms with E-state index < -0.39 is 15.9 Å². The number of likely N-dealkylation sites (N-methyl/N-ethyl adjacent to an activating group) is 1. The van der Waals surface area contributed by atoms with Gasteiger partial charge in [-0.25, -0.2) is 8.42 Å². The van der Waals surface area contributed by atoms with E-state index in [1.807, 2.05) is 32.9 Å². The number of nitrogens with zero attached hydrogens (tertiary/aromatic N) is 1. The summed E-state index contributed by atoms with van der Waals surface area (Å²) >= 11 is 0. The van der Waals surface area contributed by atoms with Crippen molar-refractivity contribution in [3.05, 3.63) is 58.7 Å². The van der Waals surface area contributed by atoms with Gasteiger partial charge in [-0.05, 0) is 51.0 Å². The van der Waals surface area contributed by atoms with E-state index in [1.165, 1.54) is 38.2 Å². The number of sulfonamides is 1. The fourth-order valence-electron chi connectivity index (χ4n) is 2.88. The number of ketones is 1. The van der Waals surface area contributed by atoms with Gasteiger partial charge in [0.15, 0.2) is 5.78 Å². The minimum atomic E-state index is -3.83. The third-order valence-corrected chi connectivity index (χ3v) is 6.09. The largest absolute Gasteiger partial charge is 0.324 e. The Labute approximate surface area is 160 Å². The summed E-state index contributed by atoms with van der Waals surface area (Å²) in [5.41, 5.74) is 4.07. The molecule has 0 aromatic heterocycles. The number of nitrogens with one attached hydrogen (secondary N) is 1. The minimum absolute atomic E-state index is 0.0329. The lowest BCUT2D eigenvalue weighted by Gasteiger charge is -2.18. The lowest BCUT2D eigenvalue weighted by Crippen LogP contribution is -2.35. The summed E-state index contributed by atoms with van der Waals surface area (Å²) in [5.74, 6) is -0.563. The Morgan fingerprint density at radius 2 is 1.52 bits per heavy atom. The molecule has 0 unspecified atom stereocenters. The first-order chi connectivity index (χ1) is 12.5. The quantitative estimate of drug-likeness (QED) is 0.771. The summed E-state index contributed by atoms with van der Waals surface area (Å²) in [6, 6.07) is 9.58. The molecule has 0 atom stereocenters. The van der Waals surface area contributed by atoms with Gasteiger partial charge in [0.25, 0.3) is 0 Å². The molecule has 1 N–H and O–H groups in total. The van der Waals surface area contributed by atoms with Crippen molar-refractivity contribution in [2.45, 2.75) is 32.6 Å². The van der Waals surface area contributed by atoms with E-state index in [9.17, 15) is 18.0 Å². The third-order valence-electron chi connectivity index (χ3n) is 4.28. The maximum Gasteiger partial charge on any atom is 0.243 e. The molecule has 0 saturated heterocycles. The molecule has 0 aliphatic carbocycles. The smallest absolute Gasteiger partial charge is 0.243 e. The summed E-state index contributed by atoms with van der Waals surface area (Å²) in [6.07, 6.45) is 0. The molecular formula is C20H24N2O4S. The number of amides is 1. The van der Waals surface area contributed by atoms with Gasteiger partial charge in [-0.2, -0.15) is 4.31 Å². The molecule has 2 rings (SSSR count). The highest BCUT2D eigenvalue weighted by Crippen LogP contribution is 2.22. The van der Waals surface area contributed by atoms with Crippen molar-refractivity contribution in [1.82, 2.24) is 4.31 Å². The van der Waals surface area contributed by atoms with E-state index in [-0.39, 0.29) is 17.2 Å². The van der Waals surface area contributed by atoms with Gasteiger partial charge in [0, 0.05) is 18.3 Å². The van der Waals surface area contributed by atoms with Gasteiger partial charge in [-0.1, -0.05) is 29.8 Å². The van der Waals surface area contributed by atoms with Crippen molar-refractivity contribution in [2.75, 3.05) is 18.9 Å². The number of Topliss-reactive ketones (excluding diaryl/α,β-unsaturated/α-hetero) is 1. The third kappa shape index (κ3) is 4.81. The van der Waals surface area contributed by atoms with Crippen LogP contribution in [0, 0.1) is 20.8 Å². The van der Waals surface area contributed by atoms with Crippen LogP contribution in [0.5, 0.6) is 0 Å². The molecule has 0 bridgehead atoms. The highest BCUT2D eigenvalue weighted by Gasteiger charge is 2.23. The number of hydrogen-bond donors (Lipinski definition) is 1. The van der Waals surface area contributed by atoms with E-state index in [0.717, 1.165) is 21.0 Å². The molecule has 0 fully saturated rings. The van der Waals surface area contributed by atoms with E-state index >= 15 is 0 Å². The number of hydrogen-bond acceptors (Lipinski definition) is 4. The van der Waals surface area contributed by atoms with Crippen LogP contribution < -0.4 is 5.32 Å². The van der Waals surface area contributed by atoms with E-state index in [1.54, 1.807) is 0 Å². The highest BCUT2D eigenvalue weighted by molar-refractivity contribution is 7.89. The van der Waals surface area contributed by atoms with Crippen LogP contribution in [0.15, 0.2) is 41.3 Å². The zero-order valence-electron chi connectivity index (χ0n) is 16.2. The van der Waals surface area contributed by atoms with Crippen molar-refractivity contribution in [1.29, 1.82) is 0 Å². The molecule has 0 spiro atoms. The number of anilines is 1. The van der Waals surface area contributed by atoms with Crippen LogP contribution in [0.4, 0.5) is 5.69 Å². The number of aryl methyl sites for hydroxylation is 3. The van der Waals surface area contributed by atoms with Crippen molar-refractivity contribution < 1.29 is 18.0 Å². The molecule has 0 aliphatic rings. The fraction of sp³-hybridized carbons (Fsp3) is 0.300. The molecule has 0 radical (unpaired) electrons. The monoisotopic (exact) mass is 388 g/mol. The van der Waals surface area contributed by atoms with Crippen LogP contribution in [0.2, 0.25) is 0 Å². The Bertz CT molecular complexity index is 957. The second-order valence-corrected chi connectivity index (χ2v) is 8.71. The van der Waals surface area contributed by atoms with Gasteiger partial charge in [0.1, 0.15) is 0 Å². The zero-order valence-corrected chi connectivity index (χ0v) is 17.0. The van der Waals surface area contributed by atoms with E-state index in [2.05, 4.69) is 5.32 Å². The molecule has 6 nitrogen and oxygen atoms in total. The van der Waals surface area contributed by atoms with Crippen molar-refractivity contribution >= 4 is 27.4 Å². The first-order valence-electron chi connectivity index (χ1n) is 8.47. The second-order valence-electron chi connectivity index (χ2n) is 6.66. The topological polar surface area (TPSA) is 83.6 Å². The average molecular weight is 388 g/mol. The van der Waals surface area contributed by atoms with Gasteiger partial charge < -0.3 is 5.32 Å². The molecule has 144 valence electrons. The lowest BCUT2D eigenvalue weighted by atomic mass is 10.1.